The van der Waals surface area contributed by atoms with E-state index in [1.807, 2.05) is 42.2 Å². The number of aryl methyl sites for hydroxylation is 1. The average molecular weight is 407 g/mol. The molecule has 0 aliphatic carbocycles. The molecule has 1 saturated heterocycles. The highest BCUT2D eigenvalue weighted by atomic mass is 16.2. The smallest absolute Gasteiger partial charge is 0.273 e. The molecule has 2 amide bonds. The van der Waals surface area contributed by atoms with Crippen LogP contribution in [0.15, 0.2) is 48.9 Å². The maximum absolute atomic E-state index is 12.9. The number of hydrogen-bond donors (Lipinski definition) is 1. The molecule has 0 radical (unpaired) electrons. The van der Waals surface area contributed by atoms with Gasteiger partial charge in [-0.1, -0.05) is 35.5 Å². The molecule has 0 unspecified atom stereocenters. The molecule has 3 heterocycles. The number of hydrogen-bond acceptors (Lipinski definition) is 5. The molecule has 9 heteroatoms. The Kier molecular flexibility index (Phi) is 5.87. The first-order chi connectivity index (χ1) is 14.6. The van der Waals surface area contributed by atoms with Crippen LogP contribution in [0.5, 0.6) is 0 Å². The Labute approximate surface area is 174 Å². The lowest BCUT2D eigenvalue weighted by atomic mass is 10.2. The zero-order chi connectivity index (χ0) is 20.9. The highest BCUT2D eigenvalue weighted by Crippen LogP contribution is 2.21. The monoisotopic (exact) mass is 407 g/mol. The summed E-state index contributed by atoms with van der Waals surface area (Å²) in [4.78, 5) is 27.1. The quantitative estimate of drug-likeness (QED) is 0.643. The van der Waals surface area contributed by atoms with Gasteiger partial charge in [0.2, 0.25) is 0 Å². The van der Waals surface area contributed by atoms with Crippen LogP contribution < -0.4 is 5.32 Å². The fourth-order valence-electron chi connectivity index (χ4n) is 3.68. The van der Waals surface area contributed by atoms with Crippen LogP contribution in [0.3, 0.4) is 0 Å². The maximum atomic E-state index is 12.9. The number of aromatic nitrogens is 5. The zero-order valence-electron chi connectivity index (χ0n) is 16.9. The molecule has 0 spiro atoms. The molecule has 4 rings (SSSR count). The number of amides is 2. The van der Waals surface area contributed by atoms with E-state index >= 15 is 0 Å². The second kappa shape index (κ2) is 8.89. The van der Waals surface area contributed by atoms with Crippen molar-refractivity contribution in [1.29, 1.82) is 0 Å². The number of carbonyl (C=O) groups is 2. The van der Waals surface area contributed by atoms with Crippen LogP contribution >= 0.6 is 0 Å². The molecule has 9 nitrogen and oxygen atoms in total. The number of benzene rings is 1. The van der Waals surface area contributed by atoms with E-state index in [0.717, 1.165) is 24.9 Å². The van der Waals surface area contributed by atoms with Gasteiger partial charge in [-0.3, -0.25) is 14.3 Å². The Hall–Kier alpha value is -3.49. The number of nitrogens with one attached hydrogen (secondary N) is 1. The first kappa shape index (κ1) is 19.8. The van der Waals surface area contributed by atoms with Gasteiger partial charge in [0.05, 0.1) is 30.5 Å². The predicted molar refractivity (Wildman–Crippen MR) is 110 cm³/mol. The molecule has 156 valence electrons. The van der Waals surface area contributed by atoms with Gasteiger partial charge in [-0.2, -0.15) is 5.10 Å². The maximum Gasteiger partial charge on any atom is 0.273 e. The fourth-order valence-corrected chi connectivity index (χ4v) is 3.68. The summed E-state index contributed by atoms with van der Waals surface area (Å²) in [6.07, 6.45) is 6.87. The van der Waals surface area contributed by atoms with Crippen LogP contribution in [0.2, 0.25) is 0 Å². The van der Waals surface area contributed by atoms with Gasteiger partial charge in [-0.25, -0.2) is 4.68 Å². The molecule has 1 atom stereocenters. The molecular weight excluding hydrogens is 382 g/mol. The summed E-state index contributed by atoms with van der Waals surface area (Å²) in [6, 6.07) is 9.72. The van der Waals surface area contributed by atoms with Gasteiger partial charge in [-0.05, 0) is 25.3 Å². The molecule has 30 heavy (non-hydrogen) atoms. The molecule has 1 aromatic carbocycles. The Morgan fingerprint density at radius 1 is 1.17 bits per heavy atom. The van der Waals surface area contributed by atoms with Crippen LogP contribution in [0.25, 0.3) is 0 Å². The SMILES string of the molecule is CCn1cc(C(=O)N2CCC[C@H]2Cn2cc(C(=O)NCc3ccccc3)nn2)cn1. The van der Waals surface area contributed by atoms with Gasteiger partial charge >= 0.3 is 0 Å². The summed E-state index contributed by atoms with van der Waals surface area (Å²) in [7, 11) is 0. The van der Waals surface area contributed by atoms with Crippen molar-refractivity contribution < 1.29 is 9.59 Å². The van der Waals surface area contributed by atoms with E-state index in [-0.39, 0.29) is 23.6 Å². The summed E-state index contributed by atoms with van der Waals surface area (Å²) < 4.78 is 3.39. The van der Waals surface area contributed by atoms with Crippen LogP contribution in [0, 0.1) is 0 Å². The van der Waals surface area contributed by atoms with E-state index in [9.17, 15) is 9.59 Å². The zero-order valence-corrected chi connectivity index (χ0v) is 16.9. The highest BCUT2D eigenvalue weighted by molar-refractivity contribution is 5.94. The second-order valence-electron chi connectivity index (χ2n) is 7.37. The number of likely N-dealkylation sites (tertiary alicyclic amines) is 1. The Bertz CT molecular complexity index is 1010. The summed E-state index contributed by atoms with van der Waals surface area (Å²) in [5.74, 6) is -0.283. The molecule has 1 fully saturated rings. The minimum Gasteiger partial charge on any atom is -0.347 e. The largest absolute Gasteiger partial charge is 0.347 e. The van der Waals surface area contributed by atoms with Gasteiger partial charge in [0, 0.05) is 25.8 Å². The van der Waals surface area contributed by atoms with Gasteiger partial charge in [-0.15, -0.1) is 5.10 Å². The van der Waals surface area contributed by atoms with Crippen molar-refractivity contribution in [3.05, 3.63) is 65.7 Å². The predicted octanol–water partition coefficient (Wildman–Crippen LogP) is 1.73. The van der Waals surface area contributed by atoms with Crippen molar-refractivity contribution >= 4 is 11.8 Å². The molecule has 0 saturated carbocycles. The second-order valence-corrected chi connectivity index (χ2v) is 7.37. The minimum atomic E-state index is -0.267. The Morgan fingerprint density at radius 2 is 2.00 bits per heavy atom. The van der Waals surface area contributed by atoms with E-state index in [4.69, 9.17) is 0 Å². The van der Waals surface area contributed by atoms with Crippen molar-refractivity contribution in [1.82, 2.24) is 35.0 Å². The molecule has 1 N–H and O–H groups in total. The Balaban J connectivity index is 1.36. The van der Waals surface area contributed by atoms with Crippen LogP contribution in [0.1, 0.15) is 46.2 Å². The topological polar surface area (TPSA) is 97.9 Å². The summed E-state index contributed by atoms with van der Waals surface area (Å²) in [5, 5.41) is 15.1. The van der Waals surface area contributed by atoms with Gasteiger partial charge in [0.1, 0.15) is 0 Å². The van der Waals surface area contributed by atoms with Gasteiger partial charge in [0.15, 0.2) is 5.69 Å². The lowest BCUT2D eigenvalue weighted by molar-refractivity contribution is 0.0720. The van der Waals surface area contributed by atoms with Gasteiger partial charge < -0.3 is 10.2 Å². The molecule has 1 aliphatic heterocycles. The van der Waals surface area contributed by atoms with Gasteiger partial charge in [0.25, 0.3) is 11.8 Å². The van der Waals surface area contributed by atoms with E-state index in [0.29, 0.717) is 25.2 Å². The lowest BCUT2D eigenvalue weighted by Crippen LogP contribution is -2.38. The lowest BCUT2D eigenvalue weighted by Gasteiger charge is -2.24. The van der Waals surface area contributed by atoms with Crippen LogP contribution in [-0.2, 0) is 19.6 Å². The molecule has 0 bridgehead atoms. The number of carbonyl (C=O) groups excluding carboxylic acids is 2. The third-order valence-electron chi connectivity index (χ3n) is 5.31. The third-order valence-corrected chi connectivity index (χ3v) is 5.31. The molecule has 1 aliphatic rings. The molecule has 2 aromatic heterocycles. The molecular formula is C21H25N7O2. The normalized spacial score (nSPS) is 16.0. The van der Waals surface area contributed by atoms with Crippen molar-refractivity contribution in [2.24, 2.45) is 0 Å². The number of rotatable bonds is 7. The van der Waals surface area contributed by atoms with E-state index < -0.39 is 0 Å². The summed E-state index contributed by atoms with van der Waals surface area (Å²) in [6.45, 7) is 4.36. The summed E-state index contributed by atoms with van der Waals surface area (Å²) >= 11 is 0. The number of nitrogens with zero attached hydrogens (tertiary/aromatic N) is 6. The molecule has 3 aromatic rings. The van der Waals surface area contributed by atoms with Crippen molar-refractivity contribution in [3.8, 4) is 0 Å². The first-order valence-corrected chi connectivity index (χ1v) is 10.2. The van der Waals surface area contributed by atoms with E-state index in [1.54, 1.807) is 28.0 Å². The Morgan fingerprint density at radius 3 is 2.77 bits per heavy atom. The first-order valence-electron chi connectivity index (χ1n) is 10.2. The van der Waals surface area contributed by atoms with Crippen molar-refractivity contribution in [3.63, 3.8) is 0 Å². The van der Waals surface area contributed by atoms with Crippen LogP contribution in [0.4, 0.5) is 0 Å². The minimum absolute atomic E-state index is 0.0156. The van der Waals surface area contributed by atoms with E-state index in [2.05, 4.69) is 20.7 Å². The van der Waals surface area contributed by atoms with Crippen molar-refractivity contribution in [2.75, 3.05) is 6.54 Å². The third kappa shape index (κ3) is 4.40. The average Bonchev–Trinajstić information content (AvgIpc) is 3.53. The summed E-state index contributed by atoms with van der Waals surface area (Å²) in [5.41, 5.74) is 1.89. The van der Waals surface area contributed by atoms with Crippen molar-refractivity contribution in [2.45, 2.75) is 45.4 Å². The van der Waals surface area contributed by atoms with E-state index in [1.165, 1.54) is 0 Å². The highest BCUT2D eigenvalue weighted by Gasteiger charge is 2.30. The van der Waals surface area contributed by atoms with Crippen LogP contribution in [-0.4, -0.2) is 54.1 Å². The standard InChI is InChI=1S/C21H25N7O2/c1-2-26-13-17(12-23-26)21(30)28-10-6-9-18(28)14-27-15-19(24-25-27)20(29)22-11-16-7-4-3-5-8-16/h3-5,7-8,12-13,15,18H,2,6,9-11,14H2,1H3,(H,22,29)/t18-/m0/s1. The fraction of sp³-hybridized carbons (Fsp3) is 0.381.